The first-order valence-corrected chi connectivity index (χ1v) is 12.6. The van der Waals surface area contributed by atoms with Crippen LogP contribution in [-0.2, 0) is 11.2 Å². The molecule has 0 heterocycles. The smallest absolute Gasteiger partial charge is 0.335 e. The van der Waals surface area contributed by atoms with Gasteiger partial charge >= 0.3 is 11.9 Å². The lowest BCUT2D eigenvalue weighted by atomic mass is 10.1. The van der Waals surface area contributed by atoms with Crippen molar-refractivity contribution in [1.29, 1.82) is 0 Å². The van der Waals surface area contributed by atoms with Crippen LogP contribution in [0.25, 0.3) is 0 Å². The highest BCUT2D eigenvalue weighted by Gasteiger charge is 2.15. The molecule has 0 saturated carbocycles. The number of unbranched alkanes of at least 4 members (excludes halogenated alkanes) is 1. The summed E-state index contributed by atoms with van der Waals surface area (Å²) in [6.45, 7) is 4.29. The van der Waals surface area contributed by atoms with Crippen LogP contribution in [0.1, 0.15) is 49.0 Å². The zero-order valence-electron chi connectivity index (χ0n) is 20.4. The summed E-state index contributed by atoms with van der Waals surface area (Å²) in [6.07, 6.45) is 2.97. The molecule has 3 aromatic rings. The first-order chi connectivity index (χ1) is 17.4. The largest absolute Gasteiger partial charge is 0.504 e. The Kier molecular flexibility index (Phi) is 10.1. The van der Waals surface area contributed by atoms with Crippen molar-refractivity contribution in [2.24, 2.45) is 0 Å². The Morgan fingerprint density at radius 2 is 1.58 bits per heavy atom. The lowest BCUT2D eigenvalue weighted by Crippen LogP contribution is -2.06. The van der Waals surface area contributed by atoms with E-state index in [1.54, 1.807) is 36.4 Å². The maximum atomic E-state index is 11.2. The highest BCUT2D eigenvalue weighted by molar-refractivity contribution is 7.99. The van der Waals surface area contributed by atoms with E-state index < -0.39 is 11.9 Å². The van der Waals surface area contributed by atoms with Gasteiger partial charge in [-0.05, 0) is 73.9 Å². The van der Waals surface area contributed by atoms with Gasteiger partial charge in [0.15, 0.2) is 11.5 Å². The molecular weight excluding hydrogens is 480 g/mol. The van der Waals surface area contributed by atoms with E-state index in [0.717, 1.165) is 34.8 Å². The van der Waals surface area contributed by atoms with Crippen molar-refractivity contribution in [2.45, 2.75) is 49.3 Å². The summed E-state index contributed by atoms with van der Waals surface area (Å²) in [5.74, 6) is 0.0170. The van der Waals surface area contributed by atoms with E-state index in [2.05, 4.69) is 0 Å². The number of carboxylic acid groups (broad SMARTS) is 1. The standard InChI is InChI=1S/C28H30O7S/c1-3-7-24-25(14-15-26(27(24)30)35-19(2)29)34-17-5-4-16-33-21-8-6-9-23(18-21)36-22-12-10-20(11-13-22)28(31)32/h6,8-15,18,30H,3-5,7,16-17H2,1-2H3,(H,31,32). The molecule has 0 aliphatic carbocycles. The second kappa shape index (κ2) is 13.4. The molecule has 0 aromatic heterocycles. The molecular formula is C28H30O7S. The first-order valence-electron chi connectivity index (χ1n) is 11.8. The lowest BCUT2D eigenvalue weighted by Gasteiger charge is -2.15. The third-order valence-electron chi connectivity index (χ3n) is 5.16. The topological polar surface area (TPSA) is 102 Å². The highest BCUT2D eigenvalue weighted by Crippen LogP contribution is 2.37. The Bertz CT molecular complexity index is 1180. The predicted octanol–water partition coefficient (Wildman–Crippen LogP) is 6.36. The molecule has 0 radical (unpaired) electrons. The van der Waals surface area contributed by atoms with E-state index in [1.807, 2.05) is 31.2 Å². The normalized spacial score (nSPS) is 10.6. The Balaban J connectivity index is 1.45. The number of hydrogen-bond acceptors (Lipinski definition) is 7. The second-order valence-corrected chi connectivity index (χ2v) is 9.19. The van der Waals surface area contributed by atoms with Crippen LogP contribution in [0.5, 0.6) is 23.0 Å². The fourth-order valence-electron chi connectivity index (χ4n) is 3.47. The van der Waals surface area contributed by atoms with Crippen molar-refractivity contribution >= 4 is 23.7 Å². The molecule has 8 heteroatoms. The molecule has 36 heavy (non-hydrogen) atoms. The van der Waals surface area contributed by atoms with Crippen LogP contribution in [0, 0.1) is 0 Å². The summed E-state index contributed by atoms with van der Waals surface area (Å²) >= 11 is 1.54. The molecule has 0 unspecified atom stereocenters. The van der Waals surface area contributed by atoms with Gasteiger partial charge in [0, 0.05) is 22.3 Å². The molecule has 0 spiro atoms. The van der Waals surface area contributed by atoms with Crippen molar-refractivity contribution in [3.05, 3.63) is 71.8 Å². The number of carbonyl (C=O) groups excluding carboxylic acids is 1. The first kappa shape index (κ1) is 26.9. The van der Waals surface area contributed by atoms with Crippen LogP contribution < -0.4 is 14.2 Å². The van der Waals surface area contributed by atoms with Crippen molar-refractivity contribution in [1.82, 2.24) is 0 Å². The molecule has 190 valence electrons. The van der Waals surface area contributed by atoms with Crippen molar-refractivity contribution in [2.75, 3.05) is 13.2 Å². The summed E-state index contributed by atoms with van der Waals surface area (Å²) in [7, 11) is 0. The zero-order valence-corrected chi connectivity index (χ0v) is 21.2. The summed E-state index contributed by atoms with van der Waals surface area (Å²) in [4.78, 5) is 24.2. The number of carboxylic acids is 1. The van der Waals surface area contributed by atoms with Gasteiger partial charge in [-0.25, -0.2) is 4.79 Å². The average molecular weight is 511 g/mol. The Morgan fingerprint density at radius 3 is 2.25 bits per heavy atom. The minimum Gasteiger partial charge on any atom is -0.504 e. The SMILES string of the molecule is CCCc1c(OCCCCOc2cccc(Sc3ccc(C(=O)O)cc3)c2)ccc(OC(C)=O)c1O. The molecule has 0 aliphatic heterocycles. The number of ether oxygens (including phenoxy) is 3. The summed E-state index contributed by atoms with van der Waals surface area (Å²) in [5, 5.41) is 19.5. The lowest BCUT2D eigenvalue weighted by molar-refractivity contribution is -0.132. The fraction of sp³-hybridized carbons (Fsp3) is 0.286. The van der Waals surface area contributed by atoms with Gasteiger partial charge in [0.05, 0.1) is 18.8 Å². The molecule has 2 N–H and O–H groups in total. The van der Waals surface area contributed by atoms with Crippen LogP contribution in [0.4, 0.5) is 0 Å². The molecule has 3 aromatic carbocycles. The molecule has 0 aliphatic rings. The van der Waals surface area contributed by atoms with Crippen molar-refractivity contribution in [3.8, 4) is 23.0 Å². The fourth-order valence-corrected chi connectivity index (χ4v) is 4.33. The quantitative estimate of drug-likeness (QED) is 0.156. The zero-order chi connectivity index (χ0) is 25.9. The van der Waals surface area contributed by atoms with Gasteiger partial charge in [-0.3, -0.25) is 4.79 Å². The Labute approximate surface area is 215 Å². The predicted molar refractivity (Wildman–Crippen MR) is 138 cm³/mol. The third-order valence-corrected chi connectivity index (χ3v) is 6.16. The number of carbonyl (C=O) groups is 2. The highest BCUT2D eigenvalue weighted by atomic mass is 32.2. The van der Waals surface area contributed by atoms with Crippen LogP contribution in [0.2, 0.25) is 0 Å². The number of phenols is 1. The van der Waals surface area contributed by atoms with Gasteiger partial charge in [-0.15, -0.1) is 0 Å². The van der Waals surface area contributed by atoms with Crippen LogP contribution in [0.3, 0.4) is 0 Å². The van der Waals surface area contributed by atoms with E-state index >= 15 is 0 Å². The van der Waals surface area contributed by atoms with Gasteiger partial charge in [0.2, 0.25) is 0 Å². The van der Waals surface area contributed by atoms with E-state index in [1.165, 1.54) is 18.7 Å². The minimum absolute atomic E-state index is 0.0523. The van der Waals surface area contributed by atoms with E-state index in [-0.39, 0.29) is 17.1 Å². The van der Waals surface area contributed by atoms with Crippen LogP contribution in [0.15, 0.2) is 70.5 Å². The van der Waals surface area contributed by atoms with E-state index in [9.17, 15) is 14.7 Å². The summed E-state index contributed by atoms with van der Waals surface area (Å²) in [5.41, 5.74) is 0.900. The van der Waals surface area contributed by atoms with E-state index in [0.29, 0.717) is 30.9 Å². The molecule has 3 rings (SSSR count). The van der Waals surface area contributed by atoms with Crippen molar-refractivity contribution < 1.29 is 34.0 Å². The number of benzene rings is 3. The van der Waals surface area contributed by atoms with Gasteiger partial charge in [-0.1, -0.05) is 31.2 Å². The average Bonchev–Trinajstić information content (AvgIpc) is 2.85. The number of aromatic hydroxyl groups is 1. The Morgan fingerprint density at radius 1 is 0.889 bits per heavy atom. The van der Waals surface area contributed by atoms with Crippen LogP contribution in [-0.4, -0.2) is 35.4 Å². The number of esters is 1. The van der Waals surface area contributed by atoms with Gasteiger partial charge < -0.3 is 24.4 Å². The molecule has 0 saturated heterocycles. The molecule has 0 fully saturated rings. The molecule has 7 nitrogen and oxygen atoms in total. The minimum atomic E-state index is -0.941. The maximum absolute atomic E-state index is 11.2. The van der Waals surface area contributed by atoms with E-state index in [4.69, 9.17) is 19.3 Å². The molecule has 0 amide bonds. The second-order valence-electron chi connectivity index (χ2n) is 8.04. The van der Waals surface area contributed by atoms with Crippen LogP contribution >= 0.6 is 11.8 Å². The monoisotopic (exact) mass is 510 g/mol. The maximum Gasteiger partial charge on any atom is 0.335 e. The number of rotatable bonds is 13. The number of hydrogen-bond donors (Lipinski definition) is 2. The van der Waals surface area contributed by atoms with Gasteiger partial charge in [-0.2, -0.15) is 0 Å². The number of aromatic carboxylic acids is 1. The third kappa shape index (κ3) is 7.95. The summed E-state index contributed by atoms with van der Waals surface area (Å²) < 4.78 is 16.8. The molecule has 0 atom stereocenters. The molecule has 0 bridgehead atoms. The van der Waals surface area contributed by atoms with Gasteiger partial charge in [0.25, 0.3) is 0 Å². The van der Waals surface area contributed by atoms with Crippen molar-refractivity contribution in [3.63, 3.8) is 0 Å². The summed E-state index contributed by atoms with van der Waals surface area (Å²) in [6, 6.07) is 17.8. The number of phenolic OH excluding ortho intramolecular Hbond substituents is 1. The Hall–Kier alpha value is -3.65. The van der Waals surface area contributed by atoms with Gasteiger partial charge in [0.1, 0.15) is 11.5 Å².